The van der Waals surface area contributed by atoms with Crippen LogP contribution in [-0.2, 0) is 9.47 Å². The van der Waals surface area contributed by atoms with Crippen molar-refractivity contribution in [3.05, 3.63) is 10.8 Å². The fourth-order valence-corrected chi connectivity index (χ4v) is 3.93. The minimum Gasteiger partial charge on any atom is -0.352 e. The highest BCUT2D eigenvalue weighted by Gasteiger charge is 2.57. The minimum atomic E-state index is -0.456. The summed E-state index contributed by atoms with van der Waals surface area (Å²) in [7, 11) is 3.46. The lowest BCUT2D eigenvalue weighted by Crippen LogP contribution is -2.48. The summed E-state index contributed by atoms with van der Waals surface area (Å²) in [6.07, 6.45) is 0. The number of ether oxygens (including phenoxy) is 2. The number of hydrogen-bond acceptors (Lipinski definition) is 6. The number of fused-ring (bicyclic) bond motifs is 2. The fraction of sp³-hybridized carbons (Fsp3) is 0.818. The summed E-state index contributed by atoms with van der Waals surface area (Å²) in [5.41, 5.74) is 0. The van der Waals surface area contributed by atoms with Gasteiger partial charge in [0.2, 0.25) is 0 Å². The van der Waals surface area contributed by atoms with E-state index in [1.165, 1.54) is 11.5 Å². The molecule has 0 radical (unpaired) electrons. The van der Waals surface area contributed by atoms with E-state index >= 15 is 0 Å². The van der Waals surface area contributed by atoms with Crippen molar-refractivity contribution in [1.82, 2.24) is 14.3 Å². The highest BCUT2D eigenvalue weighted by atomic mass is 32.1. The Hall–Kier alpha value is -0.560. The van der Waals surface area contributed by atoms with Gasteiger partial charge in [-0.2, -0.15) is 4.37 Å². The molecule has 0 aromatic carbocycles. The molecular weight excluding hydrogens is 238 g/mol. The average molecular weight is 255 g/mol. The number of aromatic nitrogens is 2. The molecule has 3 unspecified atom stereocenters. The van der Waals surface area contributed by atoms with Gasteiger partial charge in [0.15, 0.2) is 5.79 Å². The zero-order valence-corrected chi connectivity index (χ0v) is 11.2. The third-order valence-electron chi connectivity index (χ3n) is 3.96. The van der Waals surface area contributed by atoms with Gasteiger partial charge in [-0.15, -0.1) is 0 Å². The maximum Gasteiger partial charge on any atom is 0.185 e. The van der Waals surface area contributed by atoms with Gasteiger partial charge in [0.25, 0.3) is 0 Å². The standard InChI is InChI=1S/C11H17N3O2S/c1-7-12-10(17-13-7)8-4-14-5-9(8)11(6-14,15-2)16-3/h8-9H,4-6H2,1-3H3. The van der Waals surface area contributed by atoms with Crippen molar-refractivity contribution in [1.29, 1.82) is 0 Å². The second kappa shape index (κ2) is 3.98. The van der Waals surface area contributed by atoms with Gasteiger partial charge in [-0.05, 0) is 18.5 Å². The summed E-state index contributed by atoms with van der Waals surface area (Å²) < 4.78 is 15.5. The molecule has 3 atom stereocenters. The molecule has 3 rings (SSSR count). The maximum absolute atomic E-state index is 5.63. The third-order valence-corrected chi connectivity index (χ3v) is 4.89. The molecule has 5 nitrogen and oxygen atoms in total. The molecule has 0 aliphatic carbocycles. The molecule has 0 amide bonds. The van der Waals surface area contributed by atoms with Gasteiger partial charge < -0.3 is 9.47 Å². The van der Waals surface area contributed by atoms with E-state index in [1.807, 2.05) is 6.92 Å². The van der Waals surface area contributed by atoms with E-state index in [4.69, 9.17) is 9.47 Å². The second-order valence-corrected chi connectivity index (χ2v) is 5.59. The second-order valence-electron chi connectivity index (χ2n) is 4.81. The Morgan fingerprint density at radius 1 is 1.35 bits per heavy atom. The largest absolute Gasteiger partial charge is 0.352 e. The lowest BCUT2D eigenvalue weighted by molar-refractivity contribution is -0.231. The van der Waals surface area contributed by atoms with Crippen LogP contribution in [-0.4, -0.2) is 53.9 Å². The first-order chi connectivity index (χ1) is 8.18. The fourth-order valence-electron chi connectivity index (χ4n) is 3.12. The van der Waals surface area contributed by atoms with E-state index in [0.717, 1.165) is 30.5 Å². The van der Waals surface area contributed by atoms with E-state index in [2.05, 4.69) is 14.3 Å². The molecule has 1 aromatic heterocycles. The summed E-state index contributed by atoms with van der Waals surface area (Å²) in [5.74, 6) is 1.17. The predicted molar refractivity (Wildman–Crippen MR) is 64.1 cm³/mol. The zero-order chi connectivity index (χ0) is 12.0. The normalized spacial score (nSPS) is 34.4. The Balaban J connectivity index is 1.90. The van der Waals surface area contributed by atoms with Crippen LogP contribution in [0.2, 0.25) is 0 Å². The first-order valence-corrected chi connectivity index (χ1v) is 6.59. The number of nitrogens with zero attached hydrogens (tertiary/aromatic N) is 3. The molecule has 3 heterocycles. The smallest absolute Gasteiger partial charge is 0.185 e. The molecule has 0 saturated carbocycles. The van der Waals surface area contributed by atoms with Crippen LogP contribution in [0.5, 0.6) is 0 Å². The highest BCUT2D eigenvalue weighted by molar-refractivity contribution is 7.05. The Morgan fingerprint density at radius 2 is 2.12 bits per heavy atom. The molecule has 2 saturated heterocycles. The van der Waals surface area contributed by atoms with E-state index in [-0.39, 0.29) is 0 Å². The SMILES string of the molecule is COC1(OC)CN2CC(c3nc(C)ns3)C1C2. The van der Waals surface area contributed by atoms with Gasteiger partial charge in [0.1, 0.15) is 10.8 Å². The van der Waals surface area contributed by atoms with Crippen molar-refractivity contribution < 1.29 is 9.47 Å². The van der Waals surface area contributed by atoms with E-state index in [9.17, 15) is 0 Å². The van der Waals surface area contributed by atoms with Crippen molar-refractivity contribution >= 4 is 11.5 Å². The van der Waals surface area contributed by atoms with Crippen molar-refractivity contribution in [3.63, 3.8) is 0 Å². The van der Waals surface area contributed by atoms with Crippen LogP contribution in [0.3, 0.4) is 0 Å². The molecule has 1 aromatic rings. The summed E-state index contributed by atoms with van der Waals surface area (Å²) in [6, 6.07) is 0. The van der Waals surface area contributed by atoms with E-state index in [1.54, 1.807) is 14.2 Å². The van der Waals surface area contributed by atoms with Gasteiger partial charge >= 0.3 is 0 Å². The summed E-state index contributed by atoms with van der Waals surface area (Å²) >= 11 is 1.51. The lowest BCUT2D eigenvalue weighted by Gasteiger charge is -2.37. The molecule has 2 aliphatic heterocycles. The Bertz CT molecular complexity index is 419. The van der Waals surface area contributed by atoms with Gasteiger partial charge in [-0.1, -0.05) is 0 Å². The predicted octanol–water partition coefficient (Wildman–Crippen LogP) is 0.865. The average Bonchev–Trinajstić information content (AvgIpc) is 3.01. The lowest BCUT2D eigenvalue weighted by atomic mass is 9.88. The summed E-state index contributed by atoms with van der Waals surface area (Å²) in [6.45, 7) is 4.88. The maximum atomic E-state index is 5.63. The van der Waals surface area contributed by atoms with E-state index < -0.39 is 5.79 Å². The van der Waals surface area contributed by atoms with Crippen molar-refractivity contribution in [3.8, 4) is 0 Å². The molecule has 2 aliphatic rings. The summed E-state index contributed by atoms with van der Waals surface area (Å²) in [4.78, 5) is 6.90. The molecular formula is C11H17N3O2S. The van der Waals surface area contributed by atoms with Crippen LogP contribution in [0.25, 0.3) is 0 Å². The van der Waals surface area contributed by atoms with Gasteiger partial charge in [0.05, 0.1) is 6.54 Å². The van der Waals surface area contributed by atoms with Crippen LogP contribution in [0.1, 0.15) is 16.7 Å². The molecule has 17 heavy (non-hydrogen) atoms. The van der Waals surface area contributed by atoms with Crippen LogP contribution >= 0.6 is 11.5 Å². The number of aryl methyl sites for hydroxylation is 1. The van der Waals surface area contributed by atoms with Crippen LogP contribution in [0, 0.1) is 12.8 Å². The Kier molecular flexibility index (Phi) is 2.70. The highest BCUT2D eigenvalue weighted by Crippen LogP contribution is 2.47. The third kappa shape index (κ3) is 1.62. The Morgan fingerprint density at radius 3 is 2.65 bits per heavy atom. The van der Waals surface area contributed by atoms with Crippen molar-refractivity contribution in [2.24, 2.45) is 5.92 Å². The quantitative estimate of drug-likeness (QED) is 0.750. The molecule has 0 N–H and O–H groups in total. The van der Waals surface area contributed by atoms with Gasteiger partial charge in [0, 0.05) is 39.1 Å². The number of piperidine rings is 1. The molecule has 6 heteroatoms. The van der Waals surface area contributed by atoms with Crippen molar-refractivity contribution in [2.75, 3.05) is 33.9 Å². The first-order valence-electron chi connectivity index (χ1n) is 5.81. The number of rotatable bonds is 3. The Labute approximate surface area is 105 Å². The molecule has 94 valence electrons. The van der Waals surface area contributed by atoms with Crippen molar-refractivity contribution in [2.45, 2.75) is 18.6 Å². The first kappa shape index (κ1) is 11.5. The summed E-state index contributed by atoms with van der Waals surface area (Å²) in [5, 5.41) is 1.12. The zero-order valence-electron chi connectivity index (χ0n) is 10.3. The minimum absolute atomic E-state index is 0.366. The number of methoxy groups -OCH3 is 2. The topological polar surface area (TPSA) is 47.5 Å². The molecule has 2 bridgehead atoms. The van der Waals surface area contributed by atoms with Crippen LogP contribution < -0.4 is 0 Å². The number of hydrogen-bond donors (Lipinski definition) is 0. The monoisotopic (exact) mass is 255 g/mol. The van der Waals surface area contributed by atoms with E-state index in [0.29, 0.717) is 11.8 Å². The molecule has 2 fully saturated rings. The molecule has 0 spiro atoms. The van der Waals surface area contributed by atoms with Crippen LogP contribution in [0.4, 0.5) is 0 Å². The van der Waals surface area contributed by atoms with Gasteiger partial charge in [-0.3, -0.25) is 4.90 Å². The van der Waals surface area contributed by atoms with Gasteiger partial charge in [-0.25, -0.2) is 4.98 Å². The van der Waals surface area contributed by atoms with Crippen LogP contribution in [0.15, 0.2) is 0 Å².